The summed E-state index contributed by atoms with van der Waals surface area (Å²) < 4.78 is 22.7. The van der Waals surface area contributed by atoms with Gasteiger partial charge < -0.3 is 18.9 Å². The number of carbonyl (C=O) groups excluding carboxylic acids is 2. The summed E-state index contributed by atoms with van der Waals surface area (Å²) in [6.07, 6.45) is -0.415. The van der Waals surface area contributed by atoms with Gasteiger partial charge >= 0.3 is 11.9 Å². The summed E-state index contributed by atoms with van der Waals surface area (Å²) in [5.41, 5.74) is 0. The molecule has 0 saturated heterocycles. The number of ether oxygens (including phenoxy) is 4. The molecule has 3 aromatic rings. The summed E-state index contributed by atoms with van der Waals surface area (Å²) in [6, 6.07) is 15.6. The molecule has 0 amide bonds. The summed E-state index contributed by atoms with van der Waals surface area (Å²) >= 11 is 0. The Morgan fingerprint density at radius 1 is 0.656 bits per heavy atom. The normalized spacial score (nSPS) is 12.9. The highest BCUT2D eigenvalue weighted by atomic mass is 16.5. The molecule has 3 aromatic carbocycles. The number of rotatable bonds is 10. The number of carbonyl (C=O) groups is 2. The molecule has 0 saturated carbocycles. The van der Waals surface area contributed by atoms with Crippen LogP contribution < -0.4 is 9.47 Å². The summed E-state index contributed by atoms with van der Waals surface area (Å²) in [4.78, 5) is 23.8. The van der Waals surface area contributed by atoms with Crippen LogP contribution in [0.1, 0.15) is 40.5 Å². The second kappa shape index (κ2) is 10.8. The van der Waals surface area contributed by atoms with Gasteiger partial charge in [0, 0.05) is 21.5 Å². The van der Waals surface area contributed by atoms with Crippen LogP contribution in [0.15, 0.2) is 48.5 Å². The van der Waals surface area contributed by atoms with Gasteiger partial charge in [-0.3, -0.25) is 9.59 Å². The Morgan fingerprint density at radius 2 is 0.969 bits per heavy atom. The quantitative estimate of drug-likeness (QED) is 0.310. The lowest BCUT2D eigenvalue weighted by Crippen LogP contribution is -2.20. The van der Waals surface area contributed by atoms with E-state index < -0.39 is 0 Å². The highest BCUT2D eigenvalue weighted by molar-refractivity contribution is 6.11. The van der Waals surface area contributed by atoms with Crippen LogP contribution in [0.2, 0.25) is 0 Å². The molecule has 0 fully saturated rings. The summed E-state index contributed by atoms with van der Waals surface area (Å²) in [7, 11) is 0. The minimum absolute atomic E-state index is 0.158. The van der Waals surface area contributed by atoms with E-state index in [-0.39, 0.29) is 37.0 Å². The van der Waals surface area contributed by atoms with Crippen molar-refractivity contribution in [2.24, 2.45) is 0 Å². The van der Waals surface area contributed by atoms with Crippen molar-refractivity contribution in [3.63, 3.8) is 0 Å². The Hall–Kier alpha value is -3.28. The Morgan fingerprint density at radius 3 is 1.25 bits per heavy atom. The zero-order valence-electron chi connectivity index (χ0n) is 19.1. The van der Waals surface area contributed by atoms with Gasteiger partial charge in [-0.1, -0.05) is 48.5 Å². The van der Waals surface area contributed by atoms with Crippen LogP contribution in [-0.2, 0) is 19.1 Å². The molecule has 6 heteroatoms. The summed E-state index contributed by atoms with van der Waals surface area (Å²) in [5.74, 6) is 0.805. The predicted octanol–water partition coefficient (Wildman–Crippen LogP) is 5.43. The number of hydrogen-bond acceptors (Lipinski definition) is 6. The smallest absolute Gasteiger partial charge is 0.309 e. The molecule has 2 atom stereocenters. The Bertz CT molecular complexity index is 947. The molecular weight excluding hydrogens is 408 g/mol. The third-order valence-corrected chi connectivity index (χ3v) is 4.99. The van der Waals surface area contributed by atoms with Crippen LogP contribution in [-0.4, -0.2) is 37.4 Å². The summed E-state index contributed by atoms with van der Waals surface area (Å²) in [6.45, 7) is 7.96. The van der Waals surface area contributed by atoms with E-state index in [0.717, 1.165) is 21.5 Å². The molecular formula is C26H30O6. The van der Waals surface area contributed by atoms with Crippen molar-refractivity contribution in [1.29, 1.82) is 0 Å². The zero-order chi connectivity index (χ0) is 23.1. The van der Waals surface area contributed by atoms with Crippen molar-refractivity contribution in [2.45, 2.75) is 52.7 Å². The lowest BCUT2D eigenvalue weighted by Gasteiger charge is -2.22. The molecule has 6 nitrogen and oxygen atoms in total. The van der Waals surface area contributed by atoms with E-state index in [1.54, 1.807) is 13.8 Å². The lowest BCUT2D eigenvalue weighted by molar-refractivity contribution is -0.145. The highest BCUT2D eigenvalue weighted by Gasteiger charge is 2.21. The first-order valence-corrected chi connectivity index (χ1v) is 11.0. The molecule has 170 valence electrons. The van der Waals surface area contributed by atoms with E-state index in [9.17, 15) is 9.59 Å². The number of benzene rings is 3. The highest BCUT2D eigenvalue weighted by Crippen LogP contribution is 2.43. The first-order chi connectivity index (χ1) is 15.4. The minimum Gasteiger partial charge on any atom is -0.489 e. The number of esters is 2. The average Bonchev–Trinajstić information content (AvgIpc) is 2.76. The first kappa shape index (κ1) is 23.4. The molecule has 2 unspecified atom stereocenters. The van der Waals surface area contributed by atoms with Gasteiger partial charge in [-0.25, -0.2) is 0 Å². The molecule has 0 N–H and O–H groups in total. The van der Waals surface area contributed by atoms with Gasteiger partial charge in [-0.2, -0.15) is 0 Å². The molecule has 32 heavy (non-hydrogen) atoms. The van der Waals surface area contributed by atoms with E-state index in [2.05, 4.69) is 0 Å². The fraction of sp³-hybridized carbons (Fsp3) is 0.385. The van der Waals surface area contributed by atoms with Gasteiger partial charge in [0.05, 0.1) is 26.1 Å². The fourth-order valence-corrected chi connectivity index (χ4v) is 3.70. The van der Waals surface area contributed by atoms with Crippen LogP contribution in [0.25, 0.3) is 21.5 Å². The molecule has 0 heterocycles. The number of hydrogen-bond donors (Lipinski definition) is 0. The molecule has 0 aliphatic carbocycles. The van der Waals surface area contributed by atoms with Crippen molar-refractivity contribution in [3.8, 4) is 11.5 Å². The maximum absolute atomic E-state index is 11.9. The van der Waals surface area contributed by atoms with Crippen LogP contribution in [0.5, 0.6) is 11.5 Å². The van der Waals surface area contributed by atoms with Gasteiger partial charge in [0.15, 0.2) is 0 Å². The van der Waals surface area contributed by atoms with E-state index in [1.165, 1.54) is 0 Å². The second-order valence-corrected chi connectivity index (χ2v) is 7.62. The fourth-order valence-electron chi connectivity index (χ4n) is 3.70. The van der Waals surface area contributed by atoms with Crippen LogP contribution in [0.3, 0.4) is 0 Å². The first-order valence-electron chi connectivity index (χ1n) is 11.0. The van der Waals surface area contributed by atoms with Crippen LogP contribution in [0, 0.1) is 0 Å². The Balaban J connectivity index is 2.02. The van der Waals surface area contributed by atoms with Crippen LogP contribution >= 0.6 is 0 Å². The van der Waals surface area contributed by atoms with E-state index >= 15 is 0 Å². The molecule has 3 rings (SSSR count). The topological polar surface area (TPSA) is 71.1 Å². The van der Waals surface area contributed by atoms with E-state index in [4.69, 9.17) is 18.9 Å². The maximum Gasteiger partial charge on any atom is 0.309 e. The van der Waals surface area contributed by atoms with Gasteiger partial charge in [0.1, 0.15) is 23.7 Å². The van der Waals surface area contributed by atoms with E-state index in [0.29, 0.717) is 24.7 Å². The SMILES string of the molecule is CCOC(=O)CC(C)Oc1c2ccccc2c(OC(C)CC(=O)OCC)c2ccccc12. The molecule has 0 bridgehead atoms. The zero-order valence-corrected chi connectivity index (χ0v) is 19.1. The van der Waals surface area contributed by atoms with Crippen molar-refractivity contribution >= 4 is 33.5 Å². The third-order valence-electron chi connectivity index (χ3n) is 4.99. The van der Waals surface area contributed by atoms with Crippen molar-refractivity contribution in [1.82, 2.24) is 0 Å². The van der Waals surface area contributed by atoms with Gasteiger partial charge in [0.2, 0.25) is 0 Å². The van der Waals surface area contributed by atoms with Crippen LogP contribution in [0.4, 0.5) is 0 Å². The molecule has 0 spiro atoms. The third kappa shape index (κ3) is 5.49. The van der Waals surface area contributed by atoms with Crippen molar-refractivity contribution in [2.75, 3.05) is 13.2 Å². The number of fused-ring (bicyclic) bond motifs is 2. The average molecular weight is 439 g/mol. The molecule has 0 radical (unpaired) electrons. The second-order valence-electron chi connectivity index (χ2n) is 7.62. The van der Waals surface area contributed by atoms with E-state index in [1.807, 2.05) is 62.4 Å². The Kier molecular flexibility index (Phi) is 7.92. The standard InChI is InChI=1S/C26H30O6/c1-5-29-23(27)15-17(3)31-25-19-11-7-9-13-21(19)26(22-14-10-8-12-20(22)25)32-18(4)16-24(28)30-6-2/h7-14,17-18H,5-6,15-16H2,1-4H3. The van der Waals surface area contributed by atoms with Crippen molar-refractivity contribution in [3.05, 3.63) is 48.5 Å². The van der Waals surface area contributed by atoms with Gasteiger partial charge in [0.25, 0.3) is 0 Å². The molecule has 0 aliphatic rings. The van der Waals surface area contributed by atoms with Gasteiger partial charge in [-0.05, 0) is 27.7 Å². The maximum atomic E-state index is 11.9. The lowest BCUT2D eigenvalue weighted by atomic mass is 10.00. The predicted molar refractivity (Wildman–Crippen MR) is 124 cm³/mol. The summed E-state index contributed by atoms with van der Waals surface area (Å²) in [5, 5.41) is 3.50. The molecule has 0 aliphatic heterocycles. The van der Waals surface area contributed by atoms with Gasteiger partial charge in [-0.15, -0.1) is 0 Å². The minimum atomic E-state index is -0.365. The Labute approximate surface area is 188 Å². The largest absolute Gasteiger partial charge is 0.489 e. The van der Waals surface area contributed by atoms with Crippen molar-refractivity contribution < 1.29 is 28.5 Å². The molecule has 0 aromatic heterocycles. The monoisotopic (exact) mass is 438 g/mol.